The highest BCUT2D eigenvalue weighted by Crippen LogP contribution is 2.35. The molecular weight excluding hydrogens is 516 g/mol. The van der Waals surface area contributed by atoms with Crippen LogP contribution in [-0.2, 0) is 0 Å². The fraction of sp³-hybridized carbons (Fsp3) is 0.500. The van der Waals surface area contributed by atoms with E-state index in [-0.39, 0.29) is 23.7 Å². The zero-order valence-corrected chi connectivity index (χ0v) is 25.4. The van der Waals surface area contributed by atoms with E-state index in [1.807, 2.05) is 31.3 Å². The lowest BCUT2D eigenvalue weighted by Gasteiger charge is -2.32. The van der Waals surface area contributed by atoms with Crippen LogP contribution in [0.3, 0.4) is 0 Å². The second-order valence-electron chi connectivity index (χ2n) is 12.2. The van der Waals surface area contributed by atoms with Crippen LogP contribution >= 0.6 is 0 Å². The third-order valence-electron chi connectivity index (χ3n) is 8.48. The van der Waals surface area contributed by atoms with Crippen molar-refractivity contribution in [1.82, 2.24) is 0 Å². The van der Waals surface area contributed by atoms with Crippen molar-refractivity contribution < 1.29 is 0 Å². The Morgan fingerprint density at radius 3 is 1.93 bits per heavy atom. The van der Waals surface area contributed by atoms with Crippen LogP contribution in [0.1, 0.15) is 89.2 Å². The number of hydrogen-bond donors (Lipinski definition) is 1. The van der Waals surface area contributed by atoms with Crippen molar-refractivity contribution in [2.45, 2.75) is 78.1 Å². The maximum Gasteiger partial charge on any atom is 0.133 e. The zero-order valence-electron chi connectivity index (χ0n) is 25.4. The van der Waals surface area contributed by atoms with Crippen molar-refractivity contribution in [2.75, 3.05) is 0 Å². The fourth-order valence-electron chi connectivity index (χ4n) is 6.04. The minimum Gasteiger partial charge on any atom is -0.286 e. The first-order valence-corrected chi connectivity index (χ1v) is 15.2. The van der Waals surface area contributed by atoms with Crippen LogP contribution < -0.4 is 0 Å². The summed E-state index contributed by atoms with van der Waals surface area (Å²) < 4.78 is 0. The highest BCUT2D eigenvalue weighted by atomic mass is 15.0. The van der Waals surface area contributed by atoms with Crippen LogP contribution in [0.25, 0.3) is 0 Å². The lowest BCUT2D eigenvalue weighted by atomic mass is 9.78. The third-order valence-corrected chi connectivity index (χ3v) is 8.48. The quantitative estimate of drug-likeness (QED) is 0.313. The van der Waals surface area contributed by atoms with Gasteiger partial charge in [-0.15, -0.1) is 0 Å². The van der Waals surface area contributed by atoms with Gasteiger partial charge in [0.15, 0.2) is 0 Å². The SMILES string of the molecule is CC(C#N)CC(C#N)CC(C#N)CC(C)c1ccccc1.CC1C=NC2=NC(=N)C(CC(C)c3ccccc3)CC2C1. The molecular formula is C36H44N6. The lowest BCUT2D eigenvalue weighted by Crippen LogP contribution is -2.32. The molecule has 2 aromatic rings. The van der Waals surface area contributed by atoms with E-state index in [1.54, 1.807) is 0 Å². The molecule has 0 radical (unpaired) electrons. The predicted molar refractivity (Wildman–Crippen MR) is 170 cm³/mol. The number of nitriles is 3. The second-order valence-corrected chi connectivity index (χ2v) is 12.2. The van der Waals surface area contributed by atoms with Crippen LogP contribution in [0.15, 0.2) is 70.6 Å². The molecule has 2 aromatic carbocycles. The Labute approximate surface area is 252 Å². The molecule has 2 aliphatic rings. The summed E-state index contributed by atoms with van der Waals surface area (Å²) in [6.07, 6.45) is 7.01. The van der Waals surface area contributed by atoms with Crippen molar-refractivity contribution in [1.29, 1.82) is 21.2 Å². The summed E-state index contributed by atoms with van der Waals surface area (Å²) in [5.41, 5.74) is 2.58. The lowest BCUT2D eigenvalue weighted by molar-refractivity contribution is 0.408. The molecule has 8 atom stereocenters. The first-order chi connectivity index (χ1) is 20.2. The molecule has 2 aliphatic heterocycles. The summed E-state index contributed by atoms with van der Waals surface area (Å²) in [6.45, 7) is 8.39. The molecule has 0 saturated heterocycles. The normalized spacial score (nSPS) is 22.7. The van der Waals surface area contributed by atoms with Crippen LogP contribution in [0, 0.1) is 74.9 Å². The molecule has 1 N–H and O–H groups in total. The van der Waals surface area contributed by atoms with E-state index >= 15 is 0 Å². The Morgan fingerprint density at radius 1 is 0.786 bits per heavy atom. The molecule has 2 heterocycles. The van der Waals surface area contributed by atoms with Crippen molar-refractivity contribution >= 4 is 17.9 Å². The van der Waals surface area contributed by atoms with Gasteiger partial charge >= 0.3 is 0 Å². The van der Waals surface area contributed by atoms with Crippen LogP contribution in [0.5, 0.6) is 0 Å². The Hall–Kier alpha value is -4.08. The van der Waals surface area contributed by atoms with Gasteiger partial charge in [-0.3, -0.25) is 5.41 Å². The molecule has 8 unspecified atom stereocenters. The van der Waals surface area contributed by atoms with Gasteiger partial charge in [0.05, 0.1) is 18.2 Å². The molecule has 0 saturated carbocycles. The highest BCUT2D eigenvalue weighted by Gasteiger charge is 2.33. The van der Waals surface area contributed by atoms with E-state index in [2.05, 4.69) is 91.4 Å². The minimum absolute atomic E-state index is 0.138. The molecule has 0 fully saturated rings. The first-order valence-electron chi connectivity index (χ1n) is 15.2. The van der Waals surface area contributed by atoms with Crippen molar-refractivity contribution in [2.24, 2.45) is 45.5 Å². The van der Waals surface area contributed by atoms with Crippen molar-refractivity contribution in [3.05, 3.63) is 71.8 Å². The minimum atomic E-state index is -0.215. The van der Waals surface area contributed by atoms with E-state index in [0.29, 0.717) is 42.3 Å². The molecule has 0 aromatic heterocycles. The van der Waals surface area contributed by atoms with Crippen molar-refractivity contribution in [3.63, 3.8) is 0 Å². The van der Waals surface area contributed by atoms with Crippen LogP contribution in [0.2, 0.25) is 0 Å². The molecule has 218 valence electrons. The molecule has 4 rings (SSSR count). The van der Waals surface area contributed by atoms with Gasteiger partial charge in [0.1, 0.15) is 11.7 Å². The fourth-order valence-corrected chi connectivity index (χ4v) is 6.04. The molecule has 6 nitrogen and oxygen atoms in total. The number of nitrogens with one attached hydrogen (secondary N) is 1. The number of amidine groups is 2. The van der Waals surface area contributed by atoms with E-state index in [4.69, 9.17) is 10.7 Å². The number of aliphatic imine (C=N–C) groups is 2. The van der Waals surface area contributed by atoms with Gasteiger partial charge in [-0.25, -0.2) is 9.98 Å². The summed E-state index contributed by atoms with van der Waals surface area (Å²) in [7, 11) is 0. The second kappa shape index (κ2) is 16.4. The average molecular weight is 561 g/mol. The van der Waals surface area contributed by atoms with Gasteiger partial charge in [-0.05, 0) is 74.3 Å². The topological polar surface area (TPSA) is 120 Å². The summed E-state index contributed by atoms with van der Waals surface area (Å²) in [5.74, 6) is 2.94. The van der Waals surface area contributed by atoms with Crippen LogP contribution in [-0.4, -0.2) is 17.9 Å². The predicted octanol–water partition coefficient (Wildman–Crippen LogP) is 8.70. The van der Waals surface area contributed by atoms with Gasteiger partial charge in [0.2, 0.25) is 0 Å². The molecule has 6 heteroatoms. The van der Waals surface area contributed by atoms with Gasteiger partial charge in [-0.1, -0.05) is 81.4 Å². The standard InChI is InChI=1S/C18H23N3.C18H21N3/c1-12-8-16-10-15(17(19)21-18(16)20-11-12)9-13(2)14-6-4-3-5-7-14;1-14(11-19)8-16(12-20)10-17(13-21)9-15(2)18-6-4-3-5-7-18/h3-7,11-13,15-16,19H,8-10H2,1-2H3;3-7,14-17H,8-10H2,1-2H3. The van der Waals surface area contributed by atoms with E-state index in [9.17, 15) is 10.5 Å². The maximum atomic E-state index is 9.33. The summed E-state index contributed by atoms with van der Waals surface area (Å²) in [4.78, 5) is 8.91. The van der Waals surface area contributed by atoms with Gasteiger partial charge in [0.25, 0.3) is 0 Å². The van der Waals surface area contributed by atoms with E-state index < -0.39 is 0 Å². The van der Waals surface area contributed by atoms with E-state index in [0.717, 1.165) is 31.5 Å². The highest BCUT2D eigenvalue weighted by molar-refractivity contribution is 6.04. The molecule has 0 aliphatic carbocycles. The third kappa shape index (κ3) is 9.78. The Kier molecular flexibility index (Phi) is 12.7. The summed E-state index contributed by atoms with van der Waals surface area (Å²) in [5, 5.41) is 35.6. The number of nitrogens with zero attached hydrogens (tertiary/aromatic N) is 5. The number of rotatable bonds is 10. The van der Waals surface area contributed by atoms with E-state index in [1.165, 1.54) is 11.1 Å². The van der Waals surface area contributed by atoms with Crippen molar-refractivity contribution in [3.8, 4) is 18.2 Å². The molecule has 0 amide bonds. The van der Waals surface area contributed by atoms with Crippen LogP contribution in [0.4, 0.5) is 0 Å². The first kappa shape index (κ1) is 32.4. The van der Waals surface area contributed by atoms with Gasteiger partial charge < -0.3 is 0 Å². The van der Waals surface area contributed by atoms with Gasteiger partial charge in [-0.2, -0.15) is 15.8 Å². The zero-order chi connectivity index (χ0) is 30.5. The van der Waals surface area contributed by atoms with Gasteiger partial charge in [0, 0.05) is 35.8 Å². The summed E-state index contributed by atoms with van der Waals surface area (Å²) >= 11 is 0. The maximum absolute atomic E-state index is 9.33. The number of benzene rings is 2. The monoisotopic (exact) mass is 560 g/mol. The molecule has 42 heavy (non-hydrogen) atoms. The molecule has 0 bridgehead atoms. The Bertz CT molecular complexity index is 1330. The molecule has 0 spiro atoms. The smallest absolute Gasteiger partial charge is 0.133 e. The Balaban J connectivity index is 0.000000230. The summed E-state index contributed by atoms with van der Waals surface area (Å²) in [6, 6.07) is 27.4. The largest absolute Gasteiger partial charge is 0.286 e. The Morgan fingerprint density at radius 2 is 1.36 bits per heavy atom. The average Bonchev–Trinajstić information content (AvgIpc) is 3.01. The number of hydrogen-bond acceptors (Lipinski definition) is 5. The number of fused-ring (bicyclic) bond motifs is 1.